The van der Waals surface area contributed by atoms with Crippen molar-refractivity contribution >= 4 is 5.91 Å². The number of amides is 1. The van der Waals surface area contributed by atoms with Crippen LogP contribution in [0.5, 0.6) is 5.75 Å². The highest BCUT2D eigenvalue weighted by atomic mass is 16.5. The van der Waals surface area contributed by atoms with Crippen molar-refractivity contribution < 1.29 is 9.53 Å². The number of carbonyl (C=O) groups excluding carboxylic acids is 1. The van der Waals surface area contributed by atoms with Gasteiger partial charge in [0.15, 0.2) is 6.10 Å². The molecule has 1 saturated carbocycles. The molecule has 1 aromatic carbocycles. The molecule has 22 heavy (non-hydrogen) atoms. The van der Waals surface area contributed by atoms with Gasteiger partial charge < -0.3 is 10.1 Å². The number of aryl methyl sites for hydroxylation is 2. The standard InChI is InChI=1S/C19H27NO2/c1-2-18(19(21)20-16-9-5-6-10-16)22-17-12-11-14-7-3-4-8-15(14)13-17/h11-13,16,18H,2-10H2,1H3,(H,20,21). The van der Waals surface area contributed by atoms with Crippen molar-refractivity contribution in [2.75, 3.05) is 0 Å². The predicted molar refractivity (Wildman–Crippen MR) is 88.2 cm³/mol. The van der Waals surface area contributed by atoms with Crippen LogP contribution in [0.2, 0.25) is 0 Å². The smallest absolute Gasteiger partial charge is 0.261 e. The normalized spacial score (nSPS) is 19.5. The van der Waals surface area contributed by atoms with E-state index in [1.165, 1.54) is 43.2 Å². The summed E-state index contributed by atoms with van der Waals surface area (Å²) in [5.41, 5.74) is 2.84. The second-order valence-corrected chi connectivity index (χ2v) is 6.64. The highest BCUT2D eigenvalue weighted by molar-refractivity contribution is 5.81. The third kappa shape index (κ3) is 3.63. The summed E-state index contributed by atoms with van der Waals surface area (Å²) >= 11 is 0. The van der Waals surface area contributed by atoms with Crippen molar-refractivity contribution in [2.45, 2.75) is 76.9 Å². The van der Waals surface area contributed by atoms with Gasteiger partial charge >= 0.3 is 0 Å². The zero-order chi connectivity index (χ0) is 15.4. The number of rotatable bonds is 5. The molecule has 1 unspecified atom stereocenters. The van der Waals surface area contributed by atoms with E-state index in [0.717, 1.165) is 25.0 Å². The van der Waals surface area contributed by atoms with Crippen LogP contribution in [0.1, 0.15) is 63.0 Å². The molecule has 0 saturated heterocycles. The van der Waals surface area contributed by atoms with E-state index in [4.69, 9.17) is 4.74 Å². The van der Waals surface area contributed by atoms with Crippen LogP contribution >= 0.6 is 0 Å². The third-order valence-corrected chi connectivity index (χ3v) is 4.96. The Morgan fingerprint density at radius 1 is 1.18 bits per heavy atom. The molecule has 0 heterocycles. The summed E-state index contributed by atoms with van der Waals surface area (Å²) in [5.74, 6) is 0.890. The quantitative estimate of drug-likeness (QED) is 0.899. The van der Waals surface area contributed by atoms with E-state index >= 15 is 0 Å². The number of nitrogens with one attached hydrogen (secondary N) is 1. The first-order valence-electron chi connectivity index (χ1n) is 8.85. The minimum absolute atomic E-state index is 0.0483. The summed E-state index contributed by atoms with van der Waals surface area (Å²) in [6.07, 6.45) is 9.87. The molecular weight excluding hydrogens is 274 g/mol. The number of carbonyl (C=O) groups is 1. The maximum atomic E-state index is 12.4. The van der Waals surface area contributed by atoms with E-state index in [0.29, 0.717) is 12.5 Å². The van der Waals surface area contributed by atoms with Crippen molar-refractivity contribution in [3.05, 3.63) is 29.3 Å². The van der Waals surface area contributed by atoms with Crippen molar-refractivity contribution in [3.63, 3.8) is 0 Å². The van der Waals surface area contributed by atoms with Crippen LogP contribution < -0.4 is 10.1 Å². The third-order valence-electron chi connectivity index (χ3n) is 4.96. The average molecular weight is 301 g/mol. The van der Waals surface area contributed by atoms with E-state index in [1.807, 2.05) is 13.0 Å². The van der Waals surface area contributed by atoms with Crippen LogP contribution in [0, 0.1) is 0 Å². The Balaban J connectivity index is 1.62. The zero-order valence-electron chi connectivity index (χ0n) is 13.6. The zero-order valence-corrected chi connectivity index (χ0v) is 13.6. The molecule has 2 aliphatic rings. The lowest BCUT2D eigenvalue weighted by Crippen LogP contribution is -2.42. The van der Waals surface area contributed by atoms with Crippen molar-refractivity contribution in [3.8, 4) is 5.75 Å². The van der Waals surface area contributed by atoms with E-state index in [2.05, 4.69) is 17.4 Å². The lowest BCUT2D eigenvalue weighted by molar-refractivity contribution is -0.128. The van der Waals surface area contributed by atoms with Gasteiger partial charge in [-0.15, -0.1) is 0 Å². The lowest BCUT2D eigenvalue weighted by atomic mass is 9.92. The second kappa shape index (κ2) is 7.17. The van der Waals surface area contributed by atoms with Crippen molar-refractivity contribution in [2.24, 2.45) is 0 Å². The molecule has 3 nitrogen and oxygen atoms in total. The van der Waals surface area contributed by atoms with Gasteiger partial charge in [0.25, 0.3) is 5.91 Å². The Bertz CT molecular complexity index is 520. The van der Waals surface area contributed by atoms with Gasteiger partial charge in [0.1, 0.15) is 5.75 Å². The number of hydrogen-bond acceptors (Lipinski definition) is 2. The molecule has 120 valence electrons. The first kappa shape index (κ1) is 15.4. The van der Waals surface area contributed by atoms with Gasteiger partial charge in [-0.25, -0.2) is 0 Å². The molecule has 0 aliphatic heterocycles. The Morgan fingerprint density at radius 3 is 2.64 bits per heavy atom. The number of hydrogen-bond donors (Lipinski definition) is 1. The van der Waals surface area contributed by atoms with Gasteiger partial charge in [0, 0.05) is 6.04 Å². The predicted octanol–water partition coefficient (Wildman–Crippen LogP) is 3.78. The summed E-state index contributed by atoms with van der Waals surface area (Å²) in [7, 11) is 0. The van der Waals surface area contributed by atoms with Gasteiger partial charge in [-0.3, -0.25) is 4.79 Å². The highest BCUT2D eigenvalue weighted by Crippen LogP contribution is 2.26. The van der Waals surface area contributed by atoms with Gasteiger partial charge in [0.05, 0.1) is 0 Å². The molecule has 1 fully saturated rings. The molecule has 1 aromatic rings. The molecule has 1 amide bonds. The Hall–Kier alpha value is -1.51. The Kier molecular flexibility index (Phi) is 5.01. The summed E-state index contributed by atoms with van der Waals surface area (Å²) in [4.78, 5) is 12.4. The van der Waals surface area contributed by atoms with Crippen LogP contribution in [-0.2, 0) is 17.6 Å². The minimum Gasteiger partial charge on any atom is -0.481 e. The van der Waals surface area contributed by atoms with Crippen LogP contribution in [-0.4, -0.2) is 18.1 Å². The van der Waals surface area contributed by atoms with Gasteiger partial charge in [-0.2, -0.15) is 0 Å². The fraction of sp³-hybridized carbons (Fsp3) is 0.632. The molecule has 3 rings (SSSR count). The maximum Gasteiger partial charge on any atom is 0.261 e. The fourth-order valence-corrected chi connectivity index (χ4v) is 3.63. The summed E-state index contributed by atoms with van der Waals surface area (Å²) in [5, 5.41) is 3.15. The molecule has 0 radical (unpaired) electrons. The first-order chi connectivity index (χ1) is 10.8. The number of benzene rings is 1. The molecule has 1 N–H and O–H groups in total. The molecule has 0 aromatic heterocycles. The number of ether oxygens (including phenoxy) is 1. The van der Waals surface area contributed by atoms with Gasteiger partial charge in [-0.1, -0.05) is 25.8 Å². The van der Waals surface area contributed by atoms with Crippen LogP contribution in [0.15, 0.2) is 18.2 Å². The van der Waals surface area contributed by atoms with E-state index in [1.54, 1.807) is 0 Å². The summed E-state index contributed by atoms with van der Waals surface area (Å²) in [6.45, 7) is 2.01. The largest absolute Gasteiger partial charge is 0.481 e. The van der Waals surface area contributed by atoms with Gasteiger partial charge in [-0.05, 0) is 68.2 Å². The topological polar surface area (TPSA) is 38.3 Å². The van der Waals surface area contributed by atoms with Crippen molar-refractivity contribution in [1.82, 2.24) is 5.32 Å². The average Bonchev–Trinajstić information content (AvgIpc) is 3.05. The van der Waals surface area contributed by atoms with Crippen molar-refractivity contribution in [1.29, 1.82) is 0 Å². The van der Waals surface area contributed by atoms with Crippen LogP contribution in [0.3, 0.4) is 0 Å². The van der Waals surface area contributed by atoms with E-state index in [-0.39, 0.29) is 12.0 Å². The van der Waals surface area contributed by atoms with Gasteiger partial charge in [0.2, 0.25) is 0 Å². The Morgan fingerprint density at radius 2 is 1.91 bits per heavy atom. The molecule has 1 atom stereocenters. The van der Waals surface area contributed by atoms with Crippen LogP contribution in [0.25, 0.3) is 0 Å². The SMILES string of the molecule is CCC(Oc1ccc2c(c1)CCCC2)C(=O)NC1CCCC1. The fourth-order valence-electron chi connectivity index (χ4n) is 3.63. The summed E-state index contributed by atoms with van der Waals surface area (Å²) in [6, 6.07) is 6.69. The second-order valence-electron chi connectivity index (χ2n) is 6.64. The van der Waals surface area contributed by atoms with Crippen LogP contribution in [0.4, 0.5) is 0 Å². The van der Waals surface area contributed by atoms with E-state index < -0.39 is 0 Å². The van der Waals surface area contributed by atoms with E-state index in [9.17, 15) is 4.79 Å². The Labute approximate surface area is 133 Å². The minimum atomic E-state index is -0.373. The monoisotopic (exact) mass is 301 g/mol. The molecule has 3 heteroatoms. The summed E-state index contributed by atoms with van der Waals surface area (Å²) < 4.78 is 5.99. The molecule has 0 spiro atoms. The first-order valence-corrected chi connectivity index (χ1v) is 8.85. The molecule has 2 aliphatic carbocycles. The molecular formula is C19H27NO2. The maximum absolute atomic E-state index is 12.4. The lowest BCUT2D eigenvalue weighted by Gasteiger charge is -2.22. The molecule has 0 bridgehead atoms. The number of fused-ring (bicyclic) bond motifs is 1. The highest BCUT2D eigenvalue weighted by Gasteiger charge is 2.24.